The van der Waals surface area contributed by atoms with Crippen molar-refractivity contribution < 1.29 is 9.59 Å². The molecule has 1 aliphatic heterocycles. The Morgan fingerprint density at radius 3 is 2.75 bits per heavy atom. The van der Waals surface area contributed by atoms with Gasteiger partial charge in [-0.05, 0) is 31.7 Å². The quantitative estimate of drug-likeness (QED) is 0.781. The Balaban J connectivity index is 0.00000200. The van der Waals surface area contributed by atoms with Crippen molar-refractivity contribution >= 4 is 11.8 Å². The number of nitrogens with two attached hydrogens (primary N) is 1. The van der Waals surface area contributed by atoms with Gasteiger partial charge < -0.3 is 16.8 Å². The number of amides is 2. The van der Waals surface area contributed by atoms with E-state index in [-0.39, 0.29) is 12.2 Å². The number of aromatic nitrogens is 2. The van der Waals surface area contributed by atoms with E-state index >= 15 is 0 Å². The first kappa shape index (κ1) is 16.2. The lowest BCUT2D eigenvalue weighted by Gasteiger charge is -2.38. The fraction of sp³-hybridized carbons (Fsp3) is 0.615. The number of hydrogen-bond donors (Lipinski definition) is 2. The van der Waals surface area contributed by atoms with Crippen LogP contribution in [0.2, 0.25) is 0 Å². The topological polar surface area (TPSA) is 116 Å². The van der Waals surface area contributed by atoms with Gasteiger partial charge in [0, 0.05) is 19.3 Å². The van der Waals surface area contributed by atoms with Crippen LogP contribution in [0.1, 0.15) is 38.4 Å². The summed E-state index contributed by atoms with van der Waals surface area (Å²) in [5, 5.41) is 4.23. The third kappa shape index (κ3) is 2.98. The minimum atomic E-state index is -0.887. The third-order valence-corrected chi connectivity index (χ3v) is 3.68. The summed E-state index contributed by atoms with van der Waals surface area (Å²) >= 11 is 0. The van der Waals surface area contributed by atoms with E-state index in [4.69, 9.17) is 5.73 Å². The van der Waals surface area contributed by atoms with Crippen molar-refractivity contribution in [2.24, 2.45) is 11.7 Å². The fourth-order valence-corrected chi connectivity index (χ4v) is 2.72. The Labute approximate surface area is 118 Å². The van der Waals surface area contributed by atoms with Crippen molar-refractivity contribution in [2.45, 2.75) is 39.3 Å². The molecule has 112 valence electrons. The van der Waals surface area contributed by atoms with E-state index in [0.29, 0.717) is 12.5 Å². The van der Waals surface area contributed by atoms with E-state index in [2.05, 4.69) is 12.0 Å². The summed E-state index contributed by atoms with van der Waals surface area (Å²) in [4.78, 5) is 24.8. The molecule has 0 unspecified atom stereocenters. The van der Waals surface area contributed by atoms with Crippen LogP contribution in [-0.4, -0.2) is 33.0 Å². The van der Waals surface area contributed by atoms with Gasteiger partial charge in [-0.2, -0.15) is 5.10 Å². The Hall–Kier alpha value is -1.89. The smallest absolute Gasteiger partial charge is 0.312 e. The average Bonchev–Trinajstić information content (AvgIpc) is 2.85. The zero-order chi connectivity index (χ0) is 14.0. The van der Waals surface area contributed by atoms with Crippen molar-refractivity contribution in [3.05, 3.63) is 18.0 Å². The van der Waals surface area contributed by atoms with E-state index in [0.717, 1.165) is 25.1 Å². The first-order chi connectivity index (χ1) is 9.04. The molecule has 7 heteroatoms. The highest BCUT2D eigenvalue weighted by molar-refractivity contribution is 6.34. The maximum atomic E-state index is 12.0. The van der Waals surface area contributed by atoms with Gasteiger partial charge in [0.1, 0.15) is 0 Å². The second-order valence-electron chi connectivity index (χ2n) is 5.09. The summed E-state index contributed by atoms with van der Waals surface area (Å²) in [5.41, 5.74) is 6.12. The first-order valence-corrected chi connectivity index (χ1v) is 6.66. The molecule has 1 saturated heterocycles. The van der Waals surface area contributed by atoms with Crippen LogP contribution in [0.5, 0.6) is 0 Å². The molecule has 0 bridgehead atoms. The molecular formula is C13H23N5O2. The van der Waals surface area contributed by atoms with Gasteiger partial charge in [0.2, 0.25) is 0 Å². The molecular weight excluding hydrogens is 258 g/mol. The highest BCUT2D eigenvalue weighted by Crippen LogP contribution is 2.33. The summed E-state index contributed by atoms with van der Waals surface area (Å²) in [7, 11) is 0. The Morgan fingerprint density at radius 2 is 2.15 bits per heavy atom. The monoisotopic (exact) mass is 281 g/mol. The van der Waals surface area contributed by atoms with Crippen molar-refractivity contribution in [1.82, 2.24) is 20.8 Å². The Kier molecular flexibility index (Phi) is 5.26. The van der Waals surface area contributed by atoms with Crippen LogP contribution >= 0.6 is 0 Å². The molecule has 0 radical (unpaired) electrons. The zero-order valence-corrected chi connectivity index (χ0v) is 12.1. The zero-order valence-electron chi connectivity index (χ0n) is 12.1. The predicted molar refractivity (Wildman–Crippen MR) is 75.0 cm³/mol. The standard InChI is InChI=1S/C13H20N4O2.H3N/c1-3-17-11(6-7-15-17)10-5-4-9(2)8-16(10)13(19)12(14)18;/h6-7,9-10H,3-5,8H2,1-2H3,(H2,14,18);1H3/t9-,10-;/m0./s1. The molecule has 20 heavy (non-hydrogen) atoms. The minimum Gasteiger partial charge on any atom is -0.361 e. The normalized spacial score (nSPS) is 22.2. The van der Waals surface area contributed by atoms with Crippen LogP contribution in [-0.2, 0) is 16.1 Å². The largest absolute Gasteiger partial charge is 0.361 e. The Morgan fingerprint density at radius 1 is 1.45 bits per heavy atom. The van der Waals surface area contributed by atoms with E-state index < -0.39 is 11.8 Å². The van der Waals surface area contributed by atoms with Gasteiger partial charge in [0.15, 0.2) is 0 Å². The molecule has 1 aliphatic rings. The van der Waals surface area contributed by atoms with Crippen LogP contribution in [0.25, 0.3) is 0 Å². The van der Waals surface area contributed by atoms with Gasteiger partial charge in [0.05, 0.1) is 11.7 Å². The highest BCUT2D eigenvalue weighted by Gasteiger charge is 2.34. The molecule has 1 fully saturated rings. The molecule has 0 spiro atoms. The molecule has 0 saturated carbocycles. The fourth-order valence-electron chi connectivity index (χ4n) is 2.72. The maximum Gasteiger partial charge on any atom is 0.312 e. The number of carbonyl (C=O) groups excluding carboxylic acids is 2. The summed E-state index contributed by atoms with van der Waals surface area (Å²) in [6.07, 6.45) is 3.60. The Bertz CT molecular complexity index is 485. The number of rotatable bonds is 2. The minimum absolute atomic E-state index is 0. The summed E-state index contributed by atoms with van der Waals surface area (Å²) in [6.45, 7) is 5.39. The van der Waals surface area contributed by atoms with E-state index in [1.54, 1.807) is 11.1 Å². The molecule has 2 amide bonds. The van der Waals surface area contributed by atoms with Crippen LogP contribution in [0.3, 0.4) is 0 Å². The van der Waals surface area contributed by atoms with Crippen LogP contribution < -0.4 is 11.9 Å². The van der Waals surface area contributed by atoms with E-state index in [1.165, 1.54) is 0 Å². The van der Waals surface area contributed by atoms with Crippen molar-refractivity contribution in [2.75, 3.05) is 6.54 Å². The summed E-state index contributed by atoms with van der Waals surface area (Å²) < 4.78 is 1.86. The number of likely N-dealkylation sites (tertiary alicyclic amines) is 1. The van der Waals surface area contributed by atoms with Gasteiger partial charge in [-0.1, -0.05) is 6.92 Å². The molecule has 1 aromatic heterocycles. The SMILES string of the molecule is CCn1nccc1[C@@H]1CC[C@H](C)CN1C(=O)C(N)=O.N. The van der Waals surface area contributed by atoms with Gasteiger partial charge in [-0.3, -0.25) is 14.3 Å². The predicted octanol–water partition coefficient (Wildman–Crippen LogP) is 0.850. The molecule has 5 N–H and O–H groups in total. The van der Waals surface area contributed by atoms with Crippen molar-refractivity contribution in [3.8, 4) is 0 Å². The maximum absolute atomic E-state index is 12.0. The average molecular weight is 281 g/mol. The number of hydrogen-bond acceptors (Lipinski definition) is 4. The third-order valence-electron chi connectivity index (χ3n) is 3.68. The lowest BCUT2D eigenvalue weighted by Crippen LogP contribution is -2.47. The van der Waals surface area contributed by atoms with Gasteiger partial charge in [0.25, 0.3) is 0 Å². The van der Waals surface area contributed by atoms with Crippen LogP contribution in [0.15, 0.2) is 12.3 Å². The number of aryl methyl sites for hydroxylation is 1. The highest BCUT2D eigenvalue weighted by atomic mass is 16.2. The lowest BCUT2D eigenvalue weighted by atomic mass is 9.92. The number of carbonyl (C=O) groups is 2. The first-order valence-electron chi connectivity index (χ1n) is 6.66. The van der Waals surface area contributed by atoms with Crippen molar-refractivity contribution in [3.63, 3.8) is 0 Å². The molecule has 2 heterocycles. The lowest BCUT2D eigenvalue weighted by molar-refractivity contribution is -0.147. The van der Waals surface area contributed by atoms with E-state index in [9.17, 15) is 9.59 Å². The van der Waals surface area contributed by atoms with Gasteiger partial charge in [-0.25, -0.2) is 0 Å². The summed E-state index contributed by atoms with van der Waals surface area (Å²) in [6, 6.07) is 1.81. The van der Waals surface area contributed by atoms with Crippen LogP contribution in [0, 0.1) is 5.92 Å². The molecule has 7 nitrogen and oxygen atoms in total. The van der Waals surface area contributed by atoms with Crippen molar-refractivity contribution in [1.29, 1.82) is 0 Å². The number of nitrogens with zero attached hydrogens (tertiary/aromatic N) is 3. The second kappa shape index (κ2) is 6.51. The van der Waals surface area contributed by atoms with Gasteiger partial charge >= 0.3 is 11.8 Å². The van der Waals surface area contributed by atoms with E-state index in [1.807, 2.05) is 17.7 Å². The van der Waals surface area contributed by atoms with Crippen LogP contribution in [0.4, 0.5) is 0 Å². The molecule has 1 aromatic rings. The molecule has 0 aliphatic carbocycles. The summed E-state index contributed by atoms with van der Waals surface area (Å²) in [5.74, 6) is -1.10. The second-order valence-corrected chi connectivity index (χ2v) is 5.09. The number of piperidine rings is 1. The number of primary amides is 1. The molecule has 2 atom stereocenters. The molecule has 2 rings (SSSR count). The molecule has 0 aromatic carbocycles. The van der Waals surface area contributed by atoms with Gasteiger partial charge in [-0.15, -0.1) is 0 Å².